The van der Waals surface area contributed by atoms with Gasteiger partial charge in [0.15, 0.2) is 0 Å². The summed E-state index contributed by atoms with van der Waals surface area (Å²) in [5.41, 5.74) is 1.10. The first-order valence-corrected chi connectivity index (χ1v) is 5.41. The highest BCUT2D eigenvalue weighted by Crippen LogP contribution is 2.26. The number of pyridine rings is 1. The molecule has 1 aliphatic rings. The zero-order valence-corrected chi connectivity index (χ0v) is 9.33. The van der Waals surface area contributed by atoms with E-state index in [-0.39, 0.29) is 0 Å². The number of hydrogen-bond donors (Lipinski definition) is 0. The predicted molar refractivity (Wildman–Crippen MR) is 58.3 cm³/mol. The molecular formula is C11H15ClN2. The quantitative estimate of drug-likeness (QED) is 0.746. The predicted octanol–water partition coefficient (Wildman–Crippen LogP) is 2.72. The number of aromatic nitrogens is 1. The molecule has 76 valence electrons. The van der Waals surface area contributed by atoms with Gasteiger partial charge in [0, 0.05) is 24.8 Å². The Morgan fingerprint density at radius 1 is 1.43 bits per heavy atom. The van der Waals surface area contributed by atoms with E-state index < -0.39 is 0 Å². The van der Waals surface area contributed by atoms with Gasteiger partial charge in [0.1, 0.15) is 0 Å². The fourth-order valence-electron chi connectivity index (χ4n) is 2.06. The highest BCUT2D eigenvalue weighted by molar-refractivity contribution is 6.30. The van der Waals surface area contributed by atoms with Crippen LogP contribution >= 0.6 is 11.6 Å². The average molecular weight is 211 g/mol. The summed E-state index contributed by atoms with van der Waals surface area (Å²) in [5.74, 6) is 0. The Labute approximate surface area is 89.9 Å². The second kappa shape index (κ2) is 3.87. The number of nitrogens with zero attached hydrogens (tertiary/aromatic N) is 2. The van der Waals surface area contributed by atoms with E-state index in [1.807, 2.05) is 12.1 Å². The third-order valence-electron chi connectivity index (χ3n) is 2.95. The van der Waals surface area contributed by atoms with Gasteiger partial charge in [-0.05, 0) is 32.4 Å². The maximum atomic E-state index is 5.78. The highest BCUT2D eigenvalue weighted by Gasteiger charge is 2.31. The molecule has 1 saturated heterocycles. The normalized spacial score (nSPS) is 27.4. The molecule has 1 aromatic heterocycles. The summed E-state index contributed by atoms with van der Waals surface area (Å²) >= 11 is 5.78. The van der Waals surface area contributed by atoms with Crippen LogP contribution in [-0.2, 0) is 6.54 Å². The molecule has 0 amide bonds. The first-order valence-electron chi connectivity index (χ1n) is 5.03. The molecule has 2 unspecified atom stereocenters. The molecule has 1 aromatic rings. The average Bonchev–Trinajstić information content (AvgIpc) is 2.17. The van der Waals surface area contributed by atoms with E-state index in [4.69, 9.17) is 11.6 Å². The van der Waals surface area contributed by atoms with E-state index in [9.17, 15) is 0 Å². The SMILES string of the molecule is CC1CC(C)N1Cc1ccc(Cl)cn1. The molecule has 0 aliphatic carbocycles. The van der Waals surface area contributed by atoms with Crippen molar-refractivity contribution < 1.29 is 0 Å². The van der Waals surface area contributed by atoms with Gasteiger partial charge in [-0.1, -0.05) is 11.6 Å². The molecular weight excluding hydrogens is 196 g/mol. The van der Waals surface area contributed by atoms with Gasteiger partial charge in [0.05, 0.1) is 10.7 Å². The summed E-state index contributed by atoms with van der Waals surface area (Å²) in [4.78, 5) is 6.75. The minimum Gasteiger partial charge on any atom is -0.292 e. The lowest BCUT2D eigenvalue weighted by atomic mass is 9.95. The molecule has 2 rings (SSSR count). The maximum Gasteiger partial charge on any atom is 0.0589 e. The zero-order chi connectivity index (χ0) is 10.1. The minimum atomic E-state index is 0.697. The van der Waals surface area contributed by atoms with Crippen molar-refractivity contribution in [3.05, 3.63) is 29.0 Å². The van der Waals surface area contributed by atoms with E-state index in [0.29, 0.717) is 17.1 Å². The van der Waals surface area contributed by atoms with Crippen LogP contribution in [0.15, 0.2) is 18.3 Å². The number of likely N-dealkylation sites (tertiary alicyclic amines) is 1. The van der Waals surface area contributed by atoms with Crippen LogP contribution in [0.3, 0.4) is 0 Å². The summed E-state index contributed by atoms with van der Waals surface area (Å²) in [6.45, 7) is 5.46. The molecule has 1 fully saturated rings. The Balaban J connectivity index is 2.00. The first kappa shape index (κ1) is 9.94. The molecule has 2 heterocycles. The topological polar surface area (TPSA) is 16.1 Å². The Bertz CT molecular complexity index is 302. The van der Waals surface area contributed by atoms with Crippen molar-refractivity contribution in [1.29, 1.82) is 0 Å². The van der Waals surface area contributed by atoms with Gasteiger partial charge in [0.25, 0.3) is 0 Å². The molecule has 2 nitrogen and oxygen atoms in total. The largest absolute Gasteiger partial charge is 0.292 e. The lowest BCUT2D eigenvalue weighted by Gasteiger charge is -2.45. The van der Waals surface area contributed by atoms with Crippen LogP contribution in [0.25, 0.3) is 0 Å². The lowest BCUT2D eigenvalue weighted by molar-refractivity contribution is 0.0283. The molecule has 14 heavy (non-hydrogen) atoms. The van der Waals surface area contributed by atoms with E-state index in [0.717, 1.165) is 12.2 Å². The third-order valence-corrected chi connectivity index (χ3v) is 3.17. The van der Waals surface area contributed by atoms with Crippen molar-refractivity contribution in [2.24, 2.45) is 0 Å². The number of halogens is 1. The van der Waals surface area contributed by atoms with Crippen molar-refractivity contribution in [3.63, 3.8) is 0 Å². The standard InChI is InChI=1S/C11H15ClN2/c1-8-5-9(2)14(8)7-11-4-3-10(12)6-13-11/h3-4,6,8-9H,5,7H2,1-2H3. The fourth-order valence-corrected chi connectivity index (χ4v) is 2.17. The van der Waals surface area contributed by atoms with Crippen LogP contribution in [0.5, 0.6) is 0 Å². The van der Waals surface area contributed by atoms with Gasteiger partial charge in [-0.25, -0.2) is 0 Å². The van der Waals surface area contributed by atoms with Gasteiger partial charge in [-0.2, -0.15) is 0 Å². The second-order valence-electron chi connectivity index (χ2n) is 4.07. The van der Waals surface area contributed by atoms with Gasteiger partial charge in [0.2, 0.25) is 0 Å². The summed E-state index contributed by atoms with van der Waals surface area (Å²) in [5, 5.41) is 0.707. The van der Waals surface area contributed by atoms with Gasteiger partial charge in [-0.3, -0.25) is 9.88 Å². The third kappa shape index (κ3) is 1.91. The van der Waals surface area contributed by atoms with Crippen molar-refractivity contribution in [1.82, 2.24) is 9.88 Å². The second-order valence-corrected chi connectivity index (χ2v) is 4.51. The molecule has 3 heteroatoms. The molecule has 0 N–H and O–H groups in total. The minimum absolute atomic E-state index is 0.697. The van der Waals surface area contributed by atoms with Crippen LogP contribution in [0.1, 0.15) is 26.0 Å². The van der Waals surface area contributed by atoms with Crippen LogP contribution in [0.2, 0.25) is 5.02 Å². The Morgan fingerprint density at radius 2 is 2.14 bits per heavy atom. The highest BCUT2D eigenvalue weighted by atomic mass is 35.5. The zero-order valence-electron chi connectivity index (χ0n) is 8.57. The summed E-state index contributed by atoms with van der Waals surface area (Å²) in [7, 11) is 0. The smallest absolute Gasteiger partial charge is 0.0589 e. The molecule has 0 radical (unpaired) electrons. The van der Waals surface area contributed by atoms with Crippen molar-refractivity contribution in [2.45, 2.75) is 38.9 Å². The Hall–Kier alpha value is -0.600. The van der Waals surface area contributed by atoms with Crippen LogP contribution in [0, 0.1) is 0 Å². The molecule has 0 bridgehead atoms. The monoisotopic (exact) mass is 210 g/mol. The van der Waals surface area contributed by atoms with Crippen molar-refractivity contribution in [2.75, 3.05) is 0 Å². The molecule has 0 spiro atoms. The van der Waals surface area contributed by atoms with Gasteiger partial charge < -0.3 is 0 Å². The van der Waals surface area contributed by atoms with E-state index in [2.05, 4.69) is 23.7 Å². The fraction of sp³-hybridized carbons (Fsp3) is 0.545. The van der Waals surface area contributed by atoms with Crippen LogP contribution in [0.4, 0.5) is 0 Å². The summed E-state index contributed by atoms with van der Waals surface area (Å²) in [6, 6.07) is 5.30. The van der Waals surface area contributed by atoms with Gasteiger partial charge in [-0.15, -0.1) is 0 Å². The Morgan fingerprint density at radius 3 is 2.64 bits per heavy atom. The molecule has 0 saturated carbocycles. The molecule has 2 atom stereocenters. The molecule has 0 aromatic carbocycles. The number of hydrogen-bond acceptors (Lipinski definition) is 2. The summed E-state index contributed by atoms with van der Waals surface area (Å²) < 4.78 is 0. The molecule has 1 aliphatic heterocycles. The Kier molecular flexibility index (Phi) is 2.75. The van der Waals surface area contributed by atoms with Crippen LogP contribution in [-0.4, -0.2) is 22.0 Å². The summed E-state index contributed by atoms with van der Waals surface area (Å²) in [6.07, 6.45) is 3.01. The van der Waals surface area contributed by atoms with E-state index in [1.54, 1.807) is 6.20 Å². The van der Waals surface area contributed by atoms with Crippen molar-refractivity contribution >= 4 is 11.6 Å². The first-order chi connectivity index (χ1) is 6.66. The van der Waals surface area contributed by atoms with Gasteiger partial charge >= 0.3 is 0 Å². The van der Waals surface area contributed by atoms with Crippen LogP contribution < -0.4 is 0 Å². The number of rotatable bonds is 2. The van der Waals surface area contributed by atoms with E-state index in [1.165, 1.54) is 6.42 Å². The van der Waals surface area contributed by atoms with Crippen molar-refractivity contribution in [3.8, 4) is 0 Å². The van der Waals surface area contributed by atoms with E-state index >= 15 is 0 Å². The maximum absolute atomic E-state index is 5.78. The lowest BCUT2D eigenvalue weighted by Crippen LogP contribution is -2.51.